The number of quaternary nitrogens is 3. The molecule has 26 heavy (non-hydrogen) atoms. The van der Waals surface area contributed by atoms with Gasteiger partial charge in [-0.3, -0.25) is 0 Å². The van der Waals surface area contributed by atoms with E-state index in [1.165, 1.54) is 89.9 Å². The molecule has 3 nitrogen and oxygen atoms in total. The van der Waals surface area contributed by atoms with Gasteiger partial charge < -0.3 is 14.7 Å². The maximum Gasteiger partial charge on any atom is 0.127 e. The lowest BCUT2D eigenvalue weighted by molar-refractivity contribution is -1.04. The number of hydrogen-bond acceptors (Lipinski definition) is 0. The Kier molecular flexibility index (Phi) is 6.29. The molecular weight excluding hydrogens is 318 g/mol. The zero-order valence-corrected chi connectivity index (χ0v) is 16.8. The molecule has 0 radical (unpaired) electrons. The standard InChI is InChI=1S/C23H37N3/c1-20-7-5-6-10-23(20)26-17-15-25(16-18-26)22-11-13-24(14-12-22)19-21-8-3-2-4-9-21/h2-4,8-9,20,22-23H,5-7,10-19H2,1H3/p+3/t20-,23+/m1/s1. The van der Waals surface area contributed by atoms with Gasteiger partial charge >= 0.3 is 0 Å². The second-order valence-corrected chi connectivity index (χ2v) is 9.37. The third-order valence-corrected chi connectivity index (χ3v) is 7.74. The van der Waals surface area contributed by atoms with Crippen molar-refractivity contribution in [3.63, 3.8) is 0 Å². The maximum absolute atomic E-state index is 2.52. The van der Waals surface area contributed by atoms with E-state index in [4.69, 9.17) is 0 Å². The predicted octanol–water partition coefficient (Wildman–Crippen LogP) is -0.404. The maximum atomic E-state index is 2.52. The minimum atomic E-state index is 0.944. The van der Waals surface area contributed by atoms with Crippen LogP contribution in [0.15, 0.2) is 30.3 Å². The fourth-order valence-electron chi connectivity index (χ4n) is 6.09. The van der Waals surface area contributed by atoms with Crippen LogP contribution in [0.3, 0.4) is 0 Å². The summed E-state index contributed by atoms with van der Waals surface area (Å²) in [6.45, 7) is 12.2. The molecule has 144 valence electrons. The lowest BCUT2D eigenvalue weighted by atomic mass is 9.84. The molecule has 1 aliphatic carbocycles. The van der Waals surface area contributed by atoms with Gasteiger partial charge in [-0.25, -0.2) is 0 Å². The van der Waals surface area contributed by atoms with E-state index in [2.05, 4.69) is 37.3 Å². The van der Waals surface area contributed by atoms with Crippen molar-refractivity contribution in [2.45, 2.75) is 64.1 Å². The van der Waals surface area contributed by atoms with Crippen LogP contribution in [0.2, 0.25) is 0 Å². The van der Waals surface area contributed by atoms with E-state index in [-0.39, 0.29) is 0 Å². The molecule has 0 spiro atoms. The number of likely N-dealkylation sites (tertiary alicyclic amines) is 1. The van der Waals surface area contributed by atoms with Crippen molar-refractivity contribution in [1.29, 1.82) is 0 Å². The van der Waals surface area contributed by atoms with Gasteiger partial charge in [-0.2, -0.15) is 0 Å². The van der Waals surface area contributed by atoms with E-state index in [0.717, 1.165) is 18.0 Å². The monoisotopic (exact) mass is 358 g/mol. The molecule has 0 unspecified atom stereocenters. The fourth-order valence-corrected chi connectivity index (χ4v) is 6.09. The van der Waals surface area contributed by atoms with E-state index in [9.17, 15) is 0 Å². The Balaban J connectivity index is 1.21. The molecule has 1 saturated carbocycles. The highest BCUT2D eigenvalue weighted by Crippen LogP contribution is 2.21. The highest BCUT2D eigenvalue weighted by Gasteiger charge is 2.37. The average molecular weight is 359 g/mol. The fraction of sp³-hybridized carbons (Fsp3) is 0.739. The average Bonchev–Trinajstić information content (AvgIpc) is 2.70. The summed E-state index contributed by atoms with van der Waals surface area (Å²) in [5.41, 5.74) is 1.51. The molecule has 3 N–H and O–H groups in total. The first-order valence-corrected chi connectivity index (χ1v) is 11.4. The molecule has 1 aromatic carbocycles. The molecule has 0 aromatic heterocycles. The van der Waals surface area contributed by atoms with Crippen LogP contribution in [0.25, 0.3) is 0 Å². The smallest absolute Gasteiger partial charge is 0.127 e. The minimum Gasteiger partial charge on any atom is -0.331 e. The summed E-state index contributed by atoms with van der Waals surface area (Å²) in [5, 5.41) is 0. The van der Waals surface area contributed by atoms with Crippen LogP contribution < -0.4 is 14.7 Å². The number of hydrogen-bond donors (Lipinski definition) is 3. The van der Waals surface area contributed by atoms with E-state index >= 15 is 0 Å². The van der Waals surface area contributed by atoms with Gasteiger partial charge in [0, 0.05) is 24.3 Å². The summed E-state index contributed by atoms with van der Waals surface area (Å²) in [6.07, 6.45) is 8.81. The van der Waals surface area contributed by atoms with E-state index in [1.54, 1.807) is 4.90 Å². The topological polar surface area (TPSA) is 13.3 Å². The second-order valence-electron chi connectivity index (χ2n) is 9.37. The van der Waals surface area contributed by atoms with Gasteiger partial charge in [0.05, 0.1) is 25.2 Å². The van der Waals surface area contributed by atoms with Gasteiger partial charge in [0.25, 0.3) is 0 Å². The summed E-state index contributed by atoms with van der Waals surface area (Å²) in [5.74, 6) is 0.963. The van der Waals surface area contributed by atoms with Gasteiger partial charge in [-0.1, -0.05) is 43.7 Å². The van der Waals surface area contributed by atoms with Gasteiger partial charge in [0.1, 0.15) is 32.7 Å². The van der Waals surface area contributed by atoms with Crippen LogP contribution in [-0.2, 0) is 6.54 Å². The second kappa shape index (κ2) is 8.86. The molecule has 1 aromatic rings. The van der Waals surface area contributed by atoms with Crippen molar-refractivity contribution >= 4 is 0 Å². The molecule has 4 rings (SSSR count). The number of rotatable bonds is 4. The molecule has 3 heteroatoms. The Morgan fingerprint density at radius 2 is 1.42 bits per heavy atom. The zero-order chi connectivity index (χ0) is 17.8. The quantitative estimate of drug-likeness (QED) is 0.648. The van der Waals surface area contributed by atoms with Gasteiger partial charge in [-0.05, 0) is 19.3 Å². The van der Waals surface area contributed by atoms with Crippen molar-refractivity contribution in [2.75, 3.05) is 39.3 Å². The van der Waals surface area contributed by atoms with Crippen molar-refractivity contribution < 1.29 is 14.7 Å². The van der Waals surface area contributed by atoms with Crippen LogP contribution in [0, 0.1) is 5.92 Å². The largest absolute Gasteiger partial charge is 0.331 e. The zero-order valence-electron chi connectivity index (χ0n) is 16.8. The molecule has 3 fully saturated rings. The Morgan fingerprint density at radius 3 is 2.12 bits per heavy atom. The molecule has 2 heterocycles. The highest BCUT2D eigenvalue weighted by molar-refractivity contribution is 5.13. The van der Waals surface area contributed by atoms with Crippen LogP contribution in [0.5, 0.6) is 0 Å². The lowest BCUT2D eigenvalue weighted by Crippen LogP contribution is -3.32. The number of piperazine rings is 1. The van der Waals surface area contributed by atoms with Gasteiger partial charge in [0.15, 0.2) is 0 Å². The van der Waals surface area contributed by atoms with Crippen LogP contribution in [0.4, 0.5) is 0 Å². The van der Waals surface area contributed by atoms with Crippen LogP contribution in [-0.4, -0.2) is 51.4 Å². The van der Waals surface area contributed by atoms with Gasteiger partial charge in [0.2, 0.25) is 0 Å². The number of piperidine rings is 1. The van der Waals surface area contributed by atoms with Crippen molar-refractivity contribution in [1.82, 2.24) is 0 Å². The van der Waals surface area contributed by atoms with Crippen molar-refractivity contribution in [3.8, 4) is 0 Å². The molecule has 2 aliphatic heterocycles. The predicted molar refractivity (Wildman–Crippen MR) is 107 cm³/mol. The molecule has 2 atom stereocenters. The molecule has 3 aliphatic rings. The first-order chi connectivity index (χ1) is 12.8. The van der Waals surface area contributed by atoms with Gasteiger partial charge in [-0.15, -0.1) is 0 Å². The lowest BCUT2D eigenvalue weighted by Gasteiger charge is -2.42. The van der Waals surface area contributed by atoms with E-state index < -0.39 is 0 Å². The third kappa shape index (κ3) is 4.49. The normalized spacial score (nSPS) is 38.8. The summed E-state index contributed by atoms with van der Waals surface area (Å²) in [4.78, 5) is 5.69. The summed E-state index contributed by atoms with van der Waals surface area (Å²) in [6, 6.07) is 13.0. The van der Waals surface area contributed by atoms with Crippen LogP contribution in [0.1, 0.15) is 51.0 Å². The molecule has 0 amide bonds. The number of nitrogens with one attached hydrogen (secondary N) is 3. The van der Waals surface area contributed by atoms with Crippen LogP contribution >= 0.6 is 0 Å². The Hall–Kier alpha value is -0.900. The van der Waals surface area contributed by atoms with Crippen molar-refractivity contribution in [2.24, 2.45) is 5.92 Å². The summed E-state index contributed by atoms with van der Waals surface area (Å²) >= 11 is 0. The first kappa shape index (κ1) is 18.5. The summed E-state index contributed by atoms with van der Waals surface area (Å²) < 4.78 is 0. The Labute approximate surface area is 160 Å². The molecule has 2 saturated heterocycles. The SMILES string of the molecule is C[C@@H]1CCCC[C@@H]1[NH+]1CC[NH+](C2CC[NH+](Cc3ccccc3)CC2)CC1. The van der Waals surface area contributed by atoms with E-state index in [1.807, 2.05) is 9.80 Å². The number of benzene rings is 1. The Morgan fingerprint density at radius 1 is 0.769 bits per heavy atom. The summed E-state index contributed by atoms with van der Waals surface area (Å²) in [7, 11) is 0. The highest BCUT2D eigenvalue weighted by atomic mass is 15.3. The minimum absolute atomic E-state index is 0.944. The van der Waals surface area contributed by atoms with Crippen molar-refractivity contribution in [3.05, 3.63) is 35.9 Å². The third-order valence-electron chi connectivity index (χ3n) is 7.74. The van der Waals surface area contributed by atoms with E-state index in [0.29, 0.717) is 0 Å². The first-order valence-electron chi connectivity index (χ1n) is 11.4. The molecule has 0 bridgehead atoms. The molecular formula is C23H40N3+3. The Bertz CT molecular complexity index is 530.